The molecule has 3 rings (SSSR count). The number of nitrogens with zero attached hydrogens (tertiary/aromatic N) is 2. The van der Waals surface area contributed by atoms with Crippen molar-refractivity contribution in [1.82, 2.24) is 9.80 Å². The van der Waals surface area contributed by atoms with E-state index in [1.807, 2.05) is 18.2 Å². The maximum absolute atomic E-state index is 13.8. The molecule has 1 heterocycles. The van der Waals surface area contributed by atoms with Crippen LogP contribution in [0.1, 0.15) is 18.4 Å². The summed E-state index contributed by atoms with van der Waals surface area (Å²) in [5, 5.41) is 2.51. The number of amides is 2. The lowest BCUT2D eigenvalue weighted by Crippen LogP contribution is -2.46. The maximum Gasteiger partial charge on any atom is 0.321 e. The summed E-state index contributed by atoms with van der Waals surface area (Å²) in [7, 11) is 4.98. The van der Waals surface area contributed by atoms with Crippen LogP contribution in [-0.2, 0) is 6.54 Å². The third kappa shape index (κ3) is 4.99. The molecule has 1 saturated heterocycles. The van der Waals surface area contributed by atoms with Crippen LogP contribution in [0.15, 0.2) is 36.4 Å². The number of carbonyl (C=O) groups is 1. The molecule has 6 nitrogen and oxygen atoms in total. The van der Waals surface area contributed by atoms with Crippen LogP contribution >= 0.6 is 0 Å². The molecule has 1 fully saturated rings. The molecule has 1 N–H and O–H groups in total. The fourth-order valence-electron chi connectivity index (χ4n) is 3.73. The lowest BCUT2D eigenvalue weighted by atomic mass is 10.0. The first-order chi connectivity index (χ1) is 14.4. The Morgan fingerprint density at radius 3 is 2.33 bits per heavy atom. The molecule has 0 bridgehead atoms. The zero-order valence-corrected chi connectivity index (χ0v) is 17.5. The fraction of sp³-hybridized carbons (Fsp3) is 0.409. The largest absolute Gasteiger partial charge is 0.496 e. The average molecular weight is 419 g/mol. The van der Waals surface area contributed by atoms with Crippen LogP contribution in [-0.4, -0.2) is 56.2 Å². The Hall–Kier alpha value is -2.87. The molecule has 2 aromatic rings. The second-order valence-electron chi connectivity index (χ2n) is 7.31. The predicted octanol–water partition coefficient (Wildman–Crippen LogP) is 4.11. The van der Waals surface area contributed by atoms with Crippen molar-refractivity contribution in [3.8, 4) is 11.5 Å². The number of hydrogen-bond acceptors (Lipinski definition) is 4. The summed E-state index contributed by atoms with van der Waals surface area (Å²) in [5.74, 6) is 0.0961. The Morgan fingerprint density at radius 1 is 1.13 bits per heavy atom. The molecule has 0 radical (unpaired) electrons. The van der Waals surface area contributed by atoms with E-state index in [9.17, 15) is 13.6 Å². The standard InChI is InChI=1S/C22H27F2N3O3/c1-26(22(28)25-19-8-7-15(23)13-18(19)24)16-9-11-27(12-10-16)14-17-20(29-2)5-4-6-21(17)30-3/h4-8,13,16H,9-12,14H2,1-3H3,(H,25,28). The van der Waals surface area contributed by atoms with Gasteiger partial charge in [0.15, 0.2) is 0 Å². The summed E-state index contributed by atoms with van der Waals surface area (Å²) in [6, 6.07) is 8.43. The van der Waals surface area contributed by atoms with Gasteiger partial charge < -0.3 is 19.7 Å². The number of methoxy groups -OCH3 is 2. The summed E-state index contributed by atoms with van der Waals surface area (Å²) in [4.78, 5) is 16.4. The van der Waals surface area contributed by atoms with E-state index in [4.69, 9.17) is 9.47 Å². The molecule has 0 atom stereocenters. The number of benzene rings is 2. The van der Waals surface area contributed by atoms with Gasteiger partial charge >= 0.3 is 6.03 Å². The molecular weight excluding hydrogens is 392 g/mol. The van der Waals surface area contributed by atoms with Crippen molar-refractivity contribution in [2.24, 2.45) is 0 Å². The molecule has 2 amide bonds. The van der Waals surface area contributed by atoms with Crippen LogP contribution in [0.3, 0.4) is 0 Å². The van der Waals surface area contributed by atoms with E-state index in [1.165, 1.54) is 6.07 Å². The van der Waals surface area contributed by atoms with E-state index in [1.54, 1.807) is 26.2 Å². The van der Waals surface area contributed by atoms with E-state index in [0.717, 1.165) is 55.1 Å². The molecule has 0 saturated carbocycles. The Balaban J connectivity index is 1.57. The number of piperidine rings is 1. The van der Waals surface area contributed by atoms with Crippen molar-refractivity contribution in [2.45, 2.75) is 25.4 Å². The first kappa shape index (κ1) is 21.8. The zero-order valence-electron chi connectivity index (χ0n) is 17.5. The zero-order chi connectivity index (χ0) is 21.7. The fourth-order valence-corrected chi connectivity index (χ4v) is 3.73. The number of nitrogens with one attached hydrogen (secondary N) is 1. The van der Waals surface area contributed by atoms with Gasteiger partial charge in [0.05, 0.1) is 25.5 Å². The molecular formula is C22H27F2N3O3. The van der Waals surface area contributed by atoms with E-state index in [-0.39, 0.29) is 11.7 Å². The van der Waals surface area contributed by atoms with Gasteiger partial charge in [0.25, 0.3) is 0 Å². The third-order valence-electron chi connectivity index (χ3n) is 5.51. The molecule has 0 aliphatic carbocycles. The minimum atomic E-state index is -0.794. The van der Waals surface area contributed by atoms with Crippen molar-refractivity contribution < 1.29 is 23.0 Å². The van der Waals surface area contributed by atoms with Crippen molar-refractivity contribution in [1.29, 1.82) is 0 Å². The first-order valence-corrected chi connectivity index (χ1v) is 9.84. The predicted molar refractivity (Wildman–Crippen MR) is 111 cm³/mol. The van der Waals surface area contributed by atoms with E-state index >= 15 is 0 Å². The van der Waals surface area contributed by atoms with Gasteiger partial charge in [0.1, 0.15) is 23.1 Å². The molecule has 0 spiro atoms. The number of halogens is 2. The Kier molecular flexibility index (Phi) is 7.10. The molecule has 0 aromatic heterocycles. The maximum atomic E-state index is 13.8. The van der Waals surface area contributed by atoms with Gasteiger partial charge in [0.2, 0.25) is 0 Å². The number of anilines is 1. The monoisotopic (exact) mass is 419 g/mol. The normalized spacial score (nSPS) is 15.0. The second-order valence-corrected chi connectivity index (χ2v) is 7.31. The van der Waals surface area contributed by atoms with E-state index in [0.29, 0.717) is 6.54 Å². The lowest BCUT2D eigenvalue weighted by molar-refractivity contribution is 0.136. The number of urea groups is 1. The SMILES string of the molecule is COc1cccc(OC)c1CN1CCC(N(C)C(=O)Nc2ccc(F)cc2F)CC1. The van der Waals surface area contributed by atoms with Gasteiger partial charge in [-0.05, 0) is 37.1 Å². The van der Waals surface area contributed by atoms with Gasteiger partial charge in [-0.3, -0.25) is 4.90 Å². The number of carbonyl (C=O) groups excluding carboxylic acids is 1. The van der Waals surface area contributed by atoms with Gasteiger partial charge in [-0.25, -0.2) is 13.6 Å². The van der Waals surface area contributed by atoms with Crippen LogP contribution in [0.5, 0.6) is 11.5 Å². The highest BCUT2D eigenvalue weighted by atomic mass is 19.1. The summed E-state index contributed by atoms with van der Waals surface area (Å²) < 4.78 is 37.8. The van der Waals surface area contributed by atoms with Gasteiger partial charge in [-0.2, -0.15) is 0 Å². The van der Waals surface area contributed by atoms with Gasteiger partial charge in [-0.15, -0.1) is 0 Å². The summed E-state index contributed by atoms with van der Waals surface area (Å²) in [5.41, 5.74) is 0.966. The molecule has 8 heteroatoms. The van der Waals surface area contributed by atoms with Crippen molar-refractivity contribution in [2.75, 3.05) is 39.7 Å². The summed E-state index contributed by atoms with van der Waals surface area (Å²) in [6.07, 6.45) is 1.57. The van der Waals surface area contributed by atoms with Crippen LogP contribution in [0.4, 0.5) is 19.3 Å². The third-order valence-corrected chi connectivity index (χ3v) is 5.51. The topological polar surface area (TPSA) is 54.0 Å². The molecule has 2 aromatic carbocycles. The first-order valence-electron chi connectivity index (χ1n) is 9.84. The van der Waals surface area contributed by atoms with Gasteiger partial charge in [0, 0.05) is 38.8 Å². The van der Waals surface area contributed by atoms with E-state index in [2.05, 4.69) is 10.2 Å². The highest BCUT2D eigenvalue weighted by molar-refractivity contribution is 5.89. The van der Waals surface area contributed by atoms with Crippen LogP contribution in [0, 0.1) is 11.6 Å². The quantitative estimate of drug-likeness (QED) is 0.766. The highest BCUT2D eigenvalue weighted by Crippen LogP contribution is 2.30. The number of hydrogen-bond donors (Lipinski definition) is 1. The average Bonchev–Trinajstić information content (AvgIpc) is 2.75. The molecule has 162 valence electrons. The summed E-state index contributed by atoms with van der Waals surface area (Å²) >= 11 is 0. The number of rotatable bonds is 6. The van der Waals surface area contributed by atoms with Gasteiger partial charge in [-0.1, -0.05) is 6.07 Å². The van der Waals surface area contributed by atoms with Crippen molar-refractivity contribution in [3.63, 3.8) is 0 Å². The second kappa shape index (κ2) is 9.75. The molecule has 1 aliphatic heterocycles. The lowest BCUT2D eigenvalue weighted by Gasteiger charge is -2.37. The van der Waals surface area contributed by atoms with Crippen LogP contribution in [0.25, 0.3) is 0 Å². The minimum Gasteiger partial charge on any atom is -0.496 e. The number of ether oxygens (including phenoxy) is 2. The molecule has 1 aliphatic rings. The number of likely N-dealkylation sites (tertiary alicyclic amines) is 1. The Bertz CT molecular complexity index is 864. The smallest absolute Gasteiger partial charge is 0.321 e. The molecule has 0 unspecified atom stereocenters. The minimum absolute atomic E-state index is 0.0318. The molecule has 30 heavy (non-hydrogen) atoms. The van der Waals surface area contributed by atoms with Crippen molar-refractivity contribution in [3.05, 3.63) is 53.6 Å². The van der Waals surface area contributed by atoms with Crippen molar-refractivity contribution >= 4 is 11.7 Å². The Morgan fingerprint density at radius 2 is 1.77 bits per heavy atom. The van der Waals surface area contributed by atoms with Crippen LogP contribution < -0.4 is 14.8 Å². The Labute approximate surface area is 175 Å². The highest BCUT2D eigenvalue weighted by Gasteiger charge is 2.27. The van der Waals surface area contributed by atoms with Crippen LogP contribution in [0.2, 0.25) is 0 Å². The summed E-state index contributed by atoms with van der Waals surface area (Å²) in [6.45, 7) is 2.29. The van der Waals surface area contributed by atoms with E-state index < -0.39 is 17.7 Å².